The number of amides is 1. The molecule has 1 aliphatic heterocycles. The van der Waals surface area contributed by atoms with Crippen molar-refractivity contribution in [1.29, 1.82) is 5.26 Å². The second kappa shape index (κ2) is 6.14. The Morgan fingerprint density at radius 2 is 1.86 bits per heavy atom. The number of hydrogen-bond acceptors (Lipinski definition) is 4. The Morgan fingerprint density at radius 1 is 1.29 bits per heavy atom. The summed E-state index contributed by atoms with van der Waals surface area (Å²) in [7, 11) is -3.32. The monoisotopic (exact) mass is 307 g/mol. The molecule has 112 valence electrons. The molecule has 0 bridgehead atoms. The fourth-order valence-electron chi connectivity index (χ4n) is 2.29. The first-order chi connectivity index (χ1) is 9.89. The largest absolute Gasteiger partial charge is 0.339 e. The van der Waals surface area contributed by atoms with Gasteiger partial charge in [-0.25, -0.2) is 8.42 Å². The second-order valence-corrected chi connectivity index (χ2v) is 6.90. The molecule has 7 heteroatoms. The number of sulfonamides is 1. The van der Waals surface area contributed by atoms with Gasteiger partial charge in [-0.05, 0) is 37.1 Å². The van der Waals surface area contributed by atoms with Crippen molar-refractivity contribution >= 4 is 21.6 Å². The molecule has 1 heterocycles. The number of carbonyl (C=O) groups is 1. The highest BCUT2D eigenvalue weighted by Gasteiger charge is 2.23. The predicted octanol–water partition coefficient (Wildman–Crippen LogP) is 1.43. The Bertz CT molecular complexity index is 654. The van der Waals surface area contributed by atoms with Crippen LogP contribution in [0.5, 0.6) is 0 Å². The lowest BCUT2D eigenvalue weighted by atomic mass is 9.98. The summed E-state index contributed by atoms with van der Waals surface area (Å²) >= 11 is 0. The maximum absolute atomic E-state index is 12.3. The first-order valence-electron chi connectivity index (χ1n) is 6.66. The molecule has 1 fully saturated rings. The Hall–Kier alpha value is -2.07. The van der Waals surface area contributed by atoms with Crippen LogP contribution in [0.15, 0.2) is 24.3 Å². The molecular formula is C14H17N3O3S. The number of benzene rings is 1. The van der Waals surface area contributed by atoms with Gasteiger partial charge in [0.1, 0.15) is 0 Å². The molecule has 0 spiro atoms. The quantitative estimate of drug-likeness (QED) is 0.914. The summed E-state index contributed by atoms with van der Waals surface area (Å²) < 4.78 is 24.6. The van der Waals surface area contributed by atoms with Crippen LogP contribution in [0.3, 0.4) is 0 Å². The van der Waals surface area contributed by atoms with Crippen LogP contribution < -0.4 is 4.72 Å². The van der Waals surface area contributed by atoms with Crippen molar-refractivity contribution in [2.75, 3.05) is 24.1 Å². The third-order valence-corrected chi connectivity index (χ3v) is 4.01. The fraction of sp³-hybridized carbons (Fsp3) is 0.429. The van der Waals surface area contributed by atoms with Gasteiger partial charge in [-0.1, -0.05) is 0 Å². The first-order valence-corrected chi connectivity index (χ1v) is 8.55. The zero-order valence-electron chi connectivity index (χ0n) is 11.7. The van der Waals surface area contributed by atoms with Crippen LogP contribution >= 0.6 is 0 Å². The average Bonchev–Trinajstić information content (AvgIpc) is 2.46. The first kappa shape index (κ1) is 15.3. The standard InChI is InChI=1S/C14H17N3O3S/c1-21(19,20)16-13-4-2-12(3-5-13)14(18)17-8-6-11(10-15)7-9-17/h2-5,11,16H,6-9H2,1H3. The zero-order chi connectivity index (χ0) is 15.5. The average molecular weight is 307 g/mol. The number of anilines is 1. The minimum atomic E-state index is -3.32. The molecule has 0 radical (unpaired) electrons. The van der Waals surface area contributed by atoms with Crippen LogP contribution in [0.1, 0.15) is 23.2 Å². The van der Waals surface area contributed by atoms with E-state index in [-0.39, 0.29) is 11.8 Å². The summed E-state index contributed by atoms with van der Waals surface area (Å²) in [5.41, 5.74) is 0.946. The van der Waals surface area contributed by atoms with E-state index in [1.54, 1.807) is 29.2 Å². The van der Waals surface area contributed by atoms with Crippen LogP contribution in [0.2, 0.25) is 0 Å². The number of nitrogens with zero attached hydrogens (tertiary/aromatic N) is 2. The van der Waals surface area contributed by atoms with Crippen molar-refractivity contribution < 1.29 is 13.2 Å². The van der Waals surface area contributed by atoms with E-state index >= 15 is 0 Å². The van der Waals surface area contributed by atoms with Gasteiger partial charge in [0.15, 0.2) is 0 Å². The van der Waals surface area contributed by atoms with E-state index in [4.69, 9.17) is 5.26 Å². The number of rotatable bonds is 3. The summed E-state index contributed by atoms with van der Waals surface area (Å²) in [5.74, 6) is -0.0484. The van der Waals surface area contributed by atoms with Gasteiger partial charge in [-0.15, -0.1) is 0 Å². The number of likely N-dealkylation sites (tertiary alicyclic amines) is 1. The SMILES string of the molecule is CS(=O)(=O)Nc1ccc(C(=O)N2CCC(C#N)CC2)cc1. The number of hydrogen-bond donors (Lipinski definition) is 1. The number of nitrogens with one attached hydrogen (secondary N) is 1. The minimum absolute atomic E-state index is 0.0374. The van der Waals surface area contributed by atoms with Gasteiger partial charge in [0.05, 0.1) is 12.3 Å². The number of carbonyl (C=O) groups excluding carboxylic acids is 1. The van der Waals surface area contributed by atoms with E-state index in [2.05, 4.69) is 10.8 Å². The fourth-order valence-corrected chi connectivity index (χ4v) is 2.85. The van der Waals surface area contributed by atoms with Gasteiger partial charge < -0.3 is 4.90 Å². The van der Waals surface area contributed by atoms with Crippen molar-refractivity contribution in [3.63, 3.8) is 0 Å². The molecule has 1 N–H and O–H groups in total. The van der Waals surface area contributed by atoms with Gasteiger partial charge in [-0.2, -0.15) is 5.26 Å². The van der Waals surface area contributed by atoms with Gasteiger partial charge in [-0.3, -0.25) is 9.52 Å². The van der Waals surface area contributed by atoms with Crippen LogP contribution in [-0.4, -0.2) is 38.6 Å². The molecule has 0 saturated carbocycles. The Labute approximate surface area is 124 Å². The van der Waals surface area contributed by atoms with Gasteiger partial charge in [0.2, 0.25) is 10.0 Å². The van der Waals surface area contributed by atoms with E-state index in [9.17, 15) is 13.2 Å². The molecule has 6 nitrogen and oxygen atoms in total. The van der Waals surface area contributed by atoms with E-state index < -0.39 is 10.0 Å². The highest BCUT2D eigenvalue weighted by atomic mass is 32.2. The van der Waals surface area contributed by atoms with Crippen molar-refractivity contribution in [3.05, 3.63) is 29.8 Å². The molecule has 1 saturated heterocycles. The van der Waals surface area contributed by atoms with Crippen molar-refractivity contribution in [2.24, 2.45) is 5.92 Å². The van der Waals surface area contributed by atoms with Crippen LogP contribution in [-0.2, 0) is 10.0 Å². The van der Waals surface area contributed by atoms with Crippen LogP contribution in [0, 0.1) is 17.2 Å². The third kappa shape index (κ3) is 4.20. The Balaban J connectivity index is 2.02. The molecule has 0 atom stereocenters. The van der Waals surface area contributed by atoms with Gasteiger partial charge >= 0.3 is 0 Å². The molecule has 0 unspecified atom stereocenters. The smallest absolute Gasteiger partial charge is 0.253 e. The Morgan fingerprint density at radius 3 is 2.33 bits per heavy atom. The van der Waals surface area contributed by atoms with E-state index in [1.165, 1.54) is 0 Å². The lowest BCUT2D eigenvalue weighted by Crippen LogP contribution is -2.38. The number of piperidine rings is 1. The summed E-state index contributed by atoms with van der Waals surface area (Å²) in [6.45, 7) is 1.17. The van der Waals surface area contributed by atoms with Gasteiger partial charge in [0, 0.05) is 30.3 Å². The molecular weight excluding hydrogens is 290 g/mol. The molecule has 21 heavy (non-hydrogen) atoms. The van der Waals surface area contributed by atoms with E-state index in [0.29, 0.717) is 37.2 Å². The molecule has 1 amide bonds. The predicted molar refractivity (Wildman–Crippen MR) is 79.1 cm³/mol. The molecule has 1 aliphatic rings. The van der Waals surface area contributed by atoms with Gasteiger partial charge in [0.25, 0.3) is 5.91 Å². The second-order valence-electron chi connectivity index (χ2n) is 5.15. The highest BCUT2D eigenvalue weighted by molar-refractivity contribution is 7.92. The molecule has 2 rings (SSSR count). The lowest BCUT2D eigenvalue weighted by molar-refractivity contribution is 0.0707. The summed E-state index contributed by atoms with van der Waals surface area (Å²) in [5, 5.41) is 8.85. The maximum atomic E-state index is 12.3. The van der Waals surface area contributed by atoms with Crippen molar-refractivity contribution in [3.8, 4) is 6.07 Å². The minimum Gasteiger partial charge on any atom is -0.339 e. The summed E-state index contributed by atoms with van der Waals surface area (Å²) in [6.07, 6.45) is 2.48. The summed E-state index contributed by atoms with van der Waals surface area (Å²) in [6, 6.07) is 8.57. The van der Waals surface area contributed by atoms with Crippen LogP contribution in [0.4, 0.5) is 5.69 Å². The lowest BCUT2D eigenvalue weighted by Gasteiger charge is -2.29. The number of nitriles is 1. The van der Waals surface area contributed by atoms with E-state index in [1.807, 2.05) is 0 Å². The maximum Gasteiger partial charge on any atom is 0.253 e. The molecule has 0 aromatic heterocycles. The van der Waals surface area contributed by atoms with Crippen molar-refractivity contribution in [1.82, 2.24) is 4.90 Å². The highest BCUT2D eigenvalue weighted by Crippen LogP contribution is 2.19. The molecule has 1 aromatic carbocycles. The topological polar surface area (TPSA) is 90.3 Å². The normalized spacial score (nSPS) is 16.3. The molecule has 1 aromatic rings. The van der Waals surface area contributed by atoms with Crippen molar-refractivity contribution in [2.45, 2.75) is 12.8 Å². The van der Waals surface area contributed by atoms with E-state index in [0.717, 1.165) is 6.26 Å². The van der Waals surface area contributed by atoms with Crippen LogP contribution in [0.25, 0.3) is 0 Å². The molecule has 0 aliphatic carbocycles. The summed E-state index contributed by atoms with van der Waals surface area (Å²) in [4.78, 5) is 14.0. The zero-order valence-corrected chi connectivity index (χ0v) is 12.6. The third-order valence-electron chi connectivity index (χ3n) is 3.40. The Kier molecular flexibility index (Phi) is 4.48.